The molecule has 2 unspecified atom stereocenters. The maximum absolute atomic E-state index is 5.70. The average molecular weight is 281 g/mol. The molecule has 100 valence electrons. The second-order valence-electron chi connectivity index (χ2n) is 5.99. The van der Waals surface area contributed by atoms with Crippen LogP contribution < -0.4 is 0 Å². The van der Waals surface area contributed by atoms with Crippen molar-refractivity contribution in [2.24, 2.45) is 11.8 Å². The number of allylic oxidation sites excluding steroid dienone is 4. The lowest BCUT2D eigenvalue weighted by Gasteiger charge is -2.36. The Bertz CT molecular complexity index is 352. The Morgan fingerprint density at radius 2 is 1.72 bits per heavy atom. The summed E-state index contributed by atoms with van der Waals surface area (Å²) in [6.45, 7) is 4.76. The van der Waals surface area contributed by atoms with E-state index in [9.17, 15) is 0 Å². The van der Waals surface area contributed by atoms with Crippen LogP contribution in [-0.4, -0.2) is 8.94 Å². The van der Waals surface area contributed by atoms with Crippen molar-refractivity contribution in [3.05, 3.63) is 24.3 Å². The number of rotatable bonds is 3. The summed E-state index contributed by atoms with van der Waals surface area (Å²) in [5, 5.41) is 0. The molecule has 2 aliphatic carbocycles. The standard InChI is InChI=1S/C16H24S2/c1-16(2,14-11-7-4-8-12-14)18-15(17)13-9-5-3-6-10-13/h3-5,7,13-14H,6,8-12H2,1-2H3. The first-order valence-corrected chi connectivity index (χ1v) is 8.35. The van der Waals surface area contributed by atoms with Gasteiger partial charge in [0.15, 0.2) is 0 Å². The summed E-state index contributed by atoms with van der Waals surface area (Å²) in [7, 11) is 0. The third kappa shape index (κ3) is 3.71. The van der Waals surface area contributed by atoms with Gasteiger partial charge >= 0.3 is 0 Å². The molecular formula is C16H24S2. The molecular weight excluding hydrogens is 256 g/mol. The van der Waals surface area contributed by atoms with Crippen molar-refractivity contribution in [1.82, 2.24) is 0 Å². The minimum Gasteiger partial charge on any atom is -0.112 e. The molecule has 0 aromatic heterocycles. The summed E-state index contributed by atoms with van der Waals surface area (Å²) >= 11 is 7.68. The minimum absolute atomic E-state index is 0.295. The topological polar surface area (TPSA) is 0 Å². The molecule has 2 rings (SSSR count). The Kier molecular flexibility index (Phi) is 5.08. The number of thiocarbonyl (C=S) groups is 1. The highest BCUT2D eigenvalue weighted by Crippen LogP contribution is 2.42. The Balaban J connectivity index is 1.92. The molecule has 0 nitrogen and oxygen atoms in total. The van der Waals surface area contributed by atoms with Crippen molar-refractivity contribution in [3.63, 3.8) is 0 Å². The molecule has 0 spiro atoms. The summed E-state index contributed by atoms with van der Waals surface area (Å²) in [6.07, 6.45) is 16.7. The maximum atomic E-state index is 5.70. The van der Waals surface area contributed by atoms with Crippen molar-refractivity contribution in [3.8, 4) is 0 Å². The van der Waals surface area contributed by atoms with Gasteiger partial charge in [-0.1, -0.05) is 50.4 Å². The fourth-order valence-corrected chi connectivity index (χ4v) is 5.00. The van der Waals surface area contributed by atoms with Crippen LogP contribution in [0.3, 0.4) is 0 Å². The number of hydrogen-bond donors (Lipinski definition) is 0. The van der Waals surface area contributed by atoms with E-state index < -0.39 is 0 Å². The predicted octanol–water partition coefficient (Wildman–Crippen LogP) is 5.54. The normalized spacial score (nSPS) is 28.3. The summed E-state index contributed by atoms with van der Waals surface area (Å²) in [5.74, 6) is 1.41. The monoisotopic (exact) mass is 280 g/mol. The maximum Gasteiger partial charge on any atom is 0.0518 e. The molecule has 0 fully saturated rings. The molecule has 2 heteroatoms. The van der Waals surface area contributed by atoms with E-state index in [1.807, 2.05) is 11.8 Å². The first-order chi connectivity index (χ1) is 8.59. The lowest BCUT2D eigenvalue weighted by molar-refractivity contribution is 0.392. The Morgan fingerprint density at radius 3 is 2.28 bits per heavy atom. The van der Waals surface area contributed by atoms with Crippen LogP contribution in [0, 0.1) is 11.8 Å². The van der Waals surface area contributed by atoms with Crippen LogP contribution in [0.15, 0.2) is 24.3 Å². The second-order valence-corrected chi connectivity index (χ2v) is 8.38. The average Bonchev–Trinajstić information content (AvgIpc) is 2.40. The molecule has 0 amide bonds. The molecule has 0 aliphatic heterocycles. The zero-order valence-corrected chi connectivity index (χ0v) is 13.2. The van der Waals surface area contributed by atoms with Gasteiger partial charge < -0.3 is 0 Å². The lowest BCUT2D eigenvalue weighted by Crippen LogP contribution is -2.31. The highest BCUT2D eigenvalue weighted by Gasteiger charge is 2.32. The highest BCUT2D eigenvalue weighted by molar-refractivity contribution is 8.24. The van der Waals surface area contributed by atoms with E-state index in [1.165, 1.54) is 36.3 Å². The molecule has 0 N–H and O–H groups in total. The summed E-state index contributed by atoms with van der Waals surface area (Å²) in [5.41, 5.74) is 0. The van der Waals surface area contributed by atoms with Crippen LogP contribution >= 0.6 is 24.0 Å². The first-order valence-electron chi connectivity index (χ1n) is 7.12. The molecule has 0 aromatic carbocycles. The van der Waals surface area contributed by atoms with Gasteiger partial charge in [0.1, 0.15) is 0 Å². The number of thioether (sulfide) groups is 1. The molecule has 0 radical (unpaired) electrons. The van der Waals surface area contributed by atoms with Gasteiger partial charge in [-0.25, -0.2) is 0 Å². The summed E-state index contributed by atoms with van der Waals surface area (Å²) in [6, 6.07) is 0. The van der Waals surface area contributed by atoms with Gasteiger partial charge in [-0.2, -0.15) is 0 Å². The highest BCUT2D eigenvalue weighted by atomic mass is 32.2. The quantitative estimate of drug-likeness (QED) is 0.492. The second kappa shape index (κ2) is 6.38. The molecule has 0 saturated carbocycles. The molecule has 18 heavy (non-hydrogen) atoms. The van der Waals surface area contributed by atoms with E-state index in [1.54, 1.807) is 0 Å². The summed E-state index contributed by atoms with van der Waals surface area (Å²) < 4.78 is 1.54. The van der Waals surface area contributed by atoms with Gasteiger partial charge in [-0.15, -0.1) is 11.8 Å². The fraction of sp³-hybridized carbons (Fsp3) is 0.688. The zero-order valence-electron chi connectivity index (χ0n) is 11.5. The largest absolute Gasteiger partial charge is 0.112 e. The Hall–Kier alpha value is -0.0800. The predicted molar refractivity (Wildman–Crippen MR) is 87.2 cm³/mol. The van der Waals surface area contributed by atoms with E-state index in [4.69, 9.17) is 12.2 Å². The number of hydrogen-bond acceptors (Lipinski definition) is 2. The molecule has 2 atom stereocenters. The molecule has 0 saturated heterocycles. The van der Waals surface area contributed by atoms with Crippen LogP contribution in [0.1, 0.15) is 52.4 Å². The zero-order chi connectivity index (χ0) is 13.0. The van der Waals surface area contributed by atoms with E-state index in [0.717, 1.165) is 12.3 Å². The Morgan fingerprint density at radius 1 is 1.06 bits per heavy atom. The smallest absolute Gasteiger partial charge is 0.0518 e. The molecule has 0 bridgehead atoms. The SMILES string of the molecule is CC(C)(SC(=S)C1CC=CCC1)C1CC=CCC1. The first kappa shape index (κ1) is 14.3. The molecule has 0 aromatic rings. The van der Waals surface area contributed by atoms with Gasteiger partial charge in [0.2, 0.25) is 0 Å². The van der Waals surface area contributed by atoms with E-state index >= 15 is 0 Å². The molecule has 2 aliphatic rings. The Labute approximate surface area is 121 Å². The van der Waals surface area contributed by atoms with Gasteiger partial charge in [-0.3, -0.25) is 0 Å². The van der Waals surface area contributed by atoms with Crippen LogP contribution in [-0.2, 0) is 0 Å². The van der Waals surface area contributed by atoms with Crippen molar-refractivity contribution >= 4 is 28.2 Å². The van der Waals surface area contributed by atoms with Crippen LogP contribution in [0.25, 0.3) is 0 Å². The van der Waals surface area contributed by atoms with Crippen LogP contribution in [0.4, 0.5) is 0 Å². The van der Waals surface area contributed by atoms with Gasteiger partial charge in [0.25, 0.3) is 0 Å². The minimum atomic E-state index is 0.295. The van der Waals surface area contributed by atoms with Crippen molar-refractivity contribution in [2.45, 2.75) is 57.1 Å². The van der Waals surface area contributed by atoms with E-state index in [-0.39, 0.29) is 0 Å². The van der Waals surface area contributed by atoms with Gasteiger partial charge in [-0.05, 0) is 44.4 Å². The third-order valence-corrected chi connectivity index (χ3v) is 6.20. The van der Waals surface area contributed by atoms with Crippen molar-refractivity contribution in [2.75, 3.05) is 0 Å². The van der Waals surface area contributed by atoms with E-state index in [0.29, 0.717) is 10.7 Å². The van der Waals surface area contributed by atoms with Crippen LogP contribution in [0.2, 0.25) is 0 Å². The third-order valence-electron chi connectivity index (χ3n) is 4.22. The van der Waals surface area contributed by atoms with E-state index in [2.05, 4.69) is 38.2 Å². The lowest BCUT2D eigenvalue weighted by atomic mass is 9.84. The summed E-state index contributed by atoms with van der Waals surface area (Å²) in [4.78, 5) is 0. The fourth-order valence-electron chi connectivity index (χ4n) is 2.86. The van der Waals surface area contributed by atoms with Gasteiger partial charge in [0, 0.05) is 10.7 Å². The molecule has 0 heterocycles. The van der Waals surface area contributed by atoms with Crippen molar-refractivity contribution in [1.29, 1.82) is 0 Å². The van der Waals surface area contributed by atoms with Crippen LogP contribution in [0.5, 0.6) is 0 Å². The van der Waals surface area contributed by atoms with Gasteiger partial charge in [0.05, 0.1) is 4.20 Å². The van der Waals surface area contributed by atoms with Crippen molar-refractivity contribution < 1.29 is 0 Å².